The van der Waals surface area contributed by atoms with Crippen LogP contribution in [0.1, 0.15) is 0 Å². The summed E-state index contributed by atoms with van der Waals surface area (Å²) in [6.07, 6.45) is 0. The summed E-state index contributed by atoms with van der Waals surface area (Å²) in [7, 11) is 0. The van der Waals surface area contributed by atoms with Crippen LogP contribution in [0.3, 0.4) is 0 Å². The number of hydrogen-bond acceptors (Lipinski definition) is 3. The van der Waals surface area contributed by atoms with Crippen LogP contribution in [-0.4, -0.2) is 0 Å². The summed E-state index contributed by atoms with van der Waals surface area (Å²) in [6.45, 7) is 0. The minimum atomic E-state index is 0.875. The second-order valence-electron chi connectivity index (χ2n) is 9.37. The lowest BCUT2D eigenvalue weighted by Gasteiger charge is -2.25. The van der Waals surface area contributed by atoms with Gasteiger partial charge in [-0.2, -0.15) is 0 Å². The molecular formula is C34H21NO2. The molecule has 174 valence electrons. The first kappa shape index (κ1) is 20.2. The average molecular weight is 476 g/mol. The first-order valence-corrected chi connectivity index (χ1v) is 12.4. The molecule has 0 N–H and O–H groups in total. The number of nitrogens with zero attached hydrogens (tertiary/aromatic N) is 1. The Balaban J connectivity index is 1.38. The quantitative estimate of drug-likeness (QED) is 0.255. The summed E-state index contributed by atoms with van der Waals surface area (Å²) in [4.78, 5) is 2.27. The fraction of sp³-hybridized carbons (Fsp3) is 0. The number of furan rings is 2. The van der Waals surface area contributed by atoms with Crippen molar-refractivity contribution in [1.82, 2.24) is 0 Å². The highest BCUT2D eigenvalue weighted by atomic mass is 16.3. The second kappa shape index (κ2) is 7.74. The Labute approximate surface area is 212 Å². The van der Waals surface area contributed by atoms with E-state index in [2.05, 4.69) is 102 Å². The molecule has 37 heavy (non-hydrogen) atoms. The predicted molar refractivity (Wildman–Crippen MR) is 153 cm³/mol. The topological polar surface area (TPSA) is 29.5 Å². The summed E-state index contributed by atoms with van der Waals surface area (Å²) in [6, 6.07) is 44.2. The van der Waals surface area contributed by atoms with Crippen LogP contribution in [0.25, 0.3) is 54.6 Å². The van der Waals surface area contributed by atoms with Gasteiger partial charge in [0.25, 0.3) is 0 Å². The predicted octanol–water partition coefficient (Wildman–Crippen LogP) is 10.1. The SMILES string of the molecule is c1ccc(N(c2ccc3c(ccc4c5ccccc5oc34)c2)c2cccc3c2oc2ccccc23)cc1. The Bertz CT molecular complexity index is 2100. The van der Waals surface area contributed by atoms with Crippen LogP contribution in [0.2, 0.25) is 0 Å². The molecule has 0 spiro atoms. The van der Waals surface area contributed by atoms with Crippen LogP contribution >= 0.6 is 0 Å². The largest absolute Gasteiger partial charge is 0.455 e. The van der Waals surface area contributed by atoms with Crippen LogP contribution in [0.4, 0.5) is 17.1 Å². The van der Waals surface area contributed by atoms with Gasteiger partial charge in [-0.15, -0.1) is 0 Å². The molecule has 0 bridgehead atoms. The molecule has 6 aromatic carbocycles. The molecule has 0 saturated carbocycles. The lowest BCUT2D eigenvalue weighted by atomic mass is 10.0. The highest BCUT2D eigenvalue weighted by Crippen LogP contribution is 2.43. The van der Waals surface area contributed by atoms with Crippen molar-refractivity contribution in [3.63, 3.8) is 0 Å². The van der Waals surface area contributed by atoms with Gasteiger partial charge in [-0.25, -0.2) is 0 Å². The van der Waals surface area contributed by atoms with Gasteiger partial charge < -0.3 is 13.7 Å². The number of hydrogen-bond donors (Lipinski definition) is 0. The smallest absolute Gasteiger partial charge is 0.159 e. The lowest BCUT2D eigenvalue weighted by molar-refractivity contribution is 0.669. The zero-order chi connectivity index (χ0) is 24.3. The Morgan fingerprint density at radius 2 is 1.03 bits per heavy atom. The first-order chi connectivity index (χ1) is 18.3. The van der Waals surface area contributed by atoms with Gasteiger partial charge in [0, 0.05) is 38.3 Å². The van der Waals surface area contributed by atoms with Crippen molar-refractivity contribution in [1.29, 1.82) is 0 Å². The number of fused-ring (bicyclic) bond motifs is 8. The molecule has 0 aliphatic carbocycles. The van der Waals surface area contributed by atoms with Crippen LogP contribution in [0.15, 0.2) is 136 Å². The summed E-state index contributed by atoms with van der Waals surface area (Å²) in [5.41, 5.74) is 6.74. The summed E-state index contributed by atoms with van der Waals surface area (Å²) >= 11 is 0. The maximum atomic E-state index is 6.43. The molecule has 0 aliphatic rings. The van der Waals surface area contributed by atoms with Gasteiger partial charge in [0.1, 0.15) is 16.7 Å². The molecular weight excluding hydrogens is 454 g/mol. The molecule has 0 unspecified atom stereocenters. The maximum Gasteiger partial charge on any atom is 0.159 e. The molecule has 0 radical (unpaired) electrons. The highest BCUT2D eigenvalue weighted by molar-refractivity contribution is 6.16. The van der Waals surface area contributed by atoms with Crippen molar-refractivity contribution >= 4 is 71.7 Å². The zero-order valence-corrected chi connectivity index (χ0v) is 19.9. The normalized spacial score (nSPS) is 11.8. The molecule has 2 heterocycles. The third-order valence-electron chi connectivity index (χ3n) is 7.24. The standard InChI is InChI=1S/C34H21NO2/c1-2-9-23(10-3-1)35(30-14-8-13-28-26-11-4-7-16-32(26)37-34(28)30)24-18-20-25-22(21-24)17-19-29-27-12-5-6-15-31(27)36-33(25)29/h1-21H. The maximum absolute atomic E-state index is 6.43. The van der Waals surface area contributed by atoms with Gasteiger partial charge >= 0.3 is 0 Å². The second-order valence-corrected chi connectivity index (χ2v) is 9.37. The molecule has 3 nitrogen and oxygen atoms in total. The van der Waals surface area contributed by atoms with E-state index in [1.807, 2.05) is 30.3 Å². The van der Waals surface area contributed by atoms with Crippen molar-refractivity contribution in [2.75, 3.05) is 4.90 Å². The van der Waals surface area contributed by atoms with E-state index in [1.54, 1.807) is 0 Å². The fourth-order valence-electron chi connectivity index (χ4n) is 5.55. The minimum absolute atomic E-state index is 0.875. The number of benzene rings is 6. The average Bonchev–Trinajstić information content (AvgIpc) is 3.53. The lowest BCUT2D eigenvalue weighted by Crippen LogP contribution is -2.10. The van der Waals surface area contributed by atoms with Crippen molar-refractivity contribution in [2.45, 2.75) is 0 Å². The van der Waals surface area contributed by atoms with E-state index >= 15 is 0 Å². The Morgan fingerprint density at radius 1 is 0.405 bits per heavy atom. The fourth-order valence-corrected chi connectivity index (χ4v) is 5.55. The van der Waals surface area contributed by atoms with E-state index in [9.17, 15) is 0 Å². The van der Waals surface area contributed by atoms with Crippen molar-refractivity contribution < 1.29 is 8.83 Å². The van der Waals surface area contributed by atoms with Crippen LogP contribution in [0.5, 0.6) is 0 Å². The van der Waals surface area contributed by atoms with Crippen LogP contribution in [0, 0.1) is 0 Å². The third kappa shape index (κ3) is 3.01. The van der Waals surface area contributed by atoms with E-state index in [0.717, 1.165) is 71.7 Å². The van der Waals surface area contributed by atoms with Gasteiger partial charge in [-0.3, -0.25) is 0 Å². The number of rotatable bonds is 3. The summed E-state index contributed by atoms with van der Waals surface area (Å²) < 4.78 is 12.7. The van der Waals surface area contributed by atoms with Crippen molar-refractivity contribution in [3.05, 3.63) is 127 Å². The van der Waals surface area contributed by atoms with Gasteiger partial charge in [-0.05, 0) is 60.0 Å². The monoisotopic (exact) mass is 475 g/mol. The van der Waals surface area contributed by atoms with Gasteiger partial charge in [-0.1, -0.05) is 72.8 Å². The van der Waals surface area contributed by atoms with E-state index in [0.29, 0.717) is 0 Å². The Hall–Kier alpha value is -5.02. The van der Waals surface area contributed by atoms with Crippen molar-refractivity contribution in [3.8, 4) is 0 Å². The Morgan fingerprint density at radius 3 is 1.81 bits per heavy atom. The minimum Gasteiger partial charge on any atom is -0.455 e. The summed E-state index contributed by atoms with van der Waals surface area (Å²) in [5.74, 6) is 0. The van der Waals surface area contributed by atoms with Gasteiger partial charge in [0.05, 0.1) is 5.69 Å². The van der Waals surface area contributed by atoms with E-state index in [1.165, 1.54) is 0 Å². The van der Waals surface area contributed by atoms with Gasteiger partial charge in [0.2, 0.25) is 0 Å². The molecule has 0 aliphatic heterocycles. The molecule has 3 heteroatoms. The van der Waals surface area contributed by atoms with Gasteiger partial charge in [0.15, 0.2) is 5.58 Å². The third-order valence-corrected chi connectivity index (χ3v) is 7.24. The molecule has 0 fully saturated rings. The molecule has 2 aromatic heterocycles. The van der Waals surface area contributed by atoms with Crippen molar-refractivity contribution in [2.24, 2.45) is 0 Å². The van der Waals surface area contributed by atoms with Crippen LogP contribution in [-0.2, 0) is 0 Å². The highest BCUT2D eigenvalue weighted by Gasteiger charge is 2.20. The van der Waals surface area contributed by atoms with E-state index in [4.69, 9.17) is 8.83 Å². The molecule has 8 aromatic rings. The molecule has 0 amide bonds. The molecule has 0 atom stereocenters. The molecule has 8 rings (SSSR count). The number of para-hydroxylation sites is 4. The summed E-state index contributed by atoms with van der Waals surface area (Å²) in [5, 5.41) is 6.75. The first-order valence-electron chi connectivity index (χ1n) is 12.4. The van der Waals surface area contributed by atoms with E-state index in [-0.39, 0.29) is 0 Å². The zero-order valence-electron chi connectivity index (χ0n) is 19.9. The van der Waals surface area contributed by atoms with Crippen LogP contribution < -0.4 is 4.90 Å². The van der Waals surface area contributed by atoms with E-state index < -0.39 is 0 Å². The Kier molecular flexibility index (Phi) is 4.23. The number of anilines is 3. The molecule has 0 saturated heterocycles.